The van der Waals surface area contributed by atoms with Crippen molar-refractivity contribution in [1.82, 2.24) is 5.43 Å². The molecule has 0 spiro atoms. The molecule has 0 amide bonds. The Morgan fingerprint density at radius 1 is 1.19 bits per heavy atom. The maximum absolute atomic E-state index is 14.0. The molecule has 0 aliphatic carbocycles. The molecule has 0 fully saturated rings. The Kier molecular flexibility index (Phi) is 3.86. The van der Waals surface area contributed by atoms with Gasteiger partial charge in [0.1, 0.15) is 17.4 Å². The molecule has 0 aromatic heterocycles. The second kappa shape index (κ2) is 5.79. The molecule has 5 heteroatoms. The van der Waals surface area contributed by atoms with Crippen molar-refractivity contribution in [3.05, 3.63) is 65.2 Å². The second-order valence-corrected chi connectivity index (χ2v) is 5.19. The summed E-state index contributed by atoms with van der Waals surface area (Å²) in [5.41, 5.74) is 4.06. The molecule has 0 saturated carbocycles. The summed E-state index contributed by atoms with van der Waals surface area (Å²) < 4.78 is 32.7. The van der Waals surface area contributed by atoms with Gasteiger partial charge in [0.05, 0.1) is 12.6 Å². The number of nitrogens with one attached hydrogen (secondary N) is 1. The number of hydrogen-bond donors (Lipinski definition) is 2. The van der Waals surface area contributed by atoms with Crippen molar-refractivity contribution in [2.24, 2.45) is 11.8 Å². The van der Waals surface area contributed by atoms with Gasteiger partial charge in [-0.3, -0.25) is 11.3 Å². The molecular formula is C16H16F2N2O. The normalized spacial score (nSPS) is 18.7. The predicted molar refractivity (Wildman–Crippen MR) is 75.6 cm³/mol. The summed E-state index contributed by atoms with van der Waals surface area (Å²) in [4.78, 5) is 0. The van der Waals surface area contributed by atoms with Crippen LogP contribution in [0.3, 0.4) is 0 Å². The van der Waals surface area contributed by atoms with Crippen molar-refractivity contribution in [3.63, 3.8) is 0 Å². The smallest absolute Gasteiger partial charge is 0.130 e. The molecule has 0 bridgehead atoms. The Bertz CT molecular complexity index is 648. The van der Waals surface area contributed by atoms with Gasteiger partial charge in [-0.25, -0.2) is 8.78 Å². The van der Waals surface area contributed by atoms with Crippen LogP contribution in [0.25, 0.3) is 0 Å². The topological polar surface area (TPSA) is 47.3 Å². The fourth-order valence-electron chi connectivity index (χ4n) is 2.80. The second-order valence-electron chi connectivity index (χ2n) is 5.19. The van der Waals surface area contributed by atoms with E-state index in [2.05, 4.69) is 5.43 Å². The number of hydrogen-bond acceptors (Lipinski definition) is 3. The van der Waals surface area contributed by atoms with E-state index in [1.807, 2.05) is 24.3 Å². The molecular weight excluding hydrogens is 274 g/mol. The van der Waals surface area contributed by atoms with E-state index in [0.717, 1.165) is 23.8 Å². The first kappa shape index (κ1) is 14.0. The van der Waals surface area contributed by atoms with Crippen molar-refractivity contribution in [3.8, 4) is 5.75 Å². The number of para-hydroxylation sites is 1. The number of halogens is 2. The molecule has 2 aromatic rings. The van der Waals surface area contributed by atoms with Crippen LogP contribution in [0.1, 0.15) is 17.2 Å². The number of rotatable bonds is 3. The van der Waals surface area contributed by atoms with Crippen molar-refractivity contribution < 1.29 is 13.5 Å². The minimum Gasteiger partial charge on any atom is -0.493 e. The van der Waals surface area contributed by atoms with Crippen LogP contribution in [-0.2, 0) is 6.42 Å². The summed E-state index contributed by atoms with van der Waals surface area (Å²) in [6, 6.07) is 10.9. The number of nitrogens with two attached hydrogens (primary N) is 1. The van der Waals surface area contributed by atoms with Crippen molar-refractivity contribution >= 4 is 0 Å². The first-order valence-corrected chi connectivity index (χ1v) is 6.81. The zero-order valence-electron chi connectivity index (χ0n) is 11.4. The Labute approximate surface area is 121 Å². The van der Waals surface area contributed by atoms with Crippen LogP contribution in [0.5, 0.6) is 5.75 Å². The lowest BCUT2D eigenvalue weighted by atomic mass is 9.86. The summed E-state index contributed by atoms with van der Waals surface area (Å²) in [7, 11) is 0. The number of benzene rings is 2. The summed E-state index contributed by atoms with van der Waals surface area (Å²) in [5, 5.41) is 0. The van der Waals surface area contributed by atoms with Gasteiger partial charge in [-0.15, -0.1) is 0 Å². The van der Waals surface area contributed by atoms with Crippen molar-refractivity contribution in [2.45, 2.75) is 12.5 Å². The standard InChI is InChI=1S/C16H16F2N2O/c17-12-5-6-13(14(18)8-12)16(20-19)11-7-10-3-1-2-4-15(10)21-9-11/h1-6,8,11,16,20H,7,9,19H2. The molecule has 0 radical (unpaired) electrons. The van der Waals surface area contributed by atoms with Crippen LogP contribution in [-0.4, -0.2) is 6.61 Å². The van der Waals surface area contributed by atoms with E-state index in [1.165, 1.54) is 12.1 Å². The minimum absolute atomic E-state index is 0.0233. The molecule has 2 atom stereocenters. The fourth-order valence-corrected chi connectivity index (χ4v) is 2.80. The van der Waals surface area contributed by atoms with E-state index in [4.69, 9.17) is 10.6 Å². The zero-order valence-corrected chi connectivity index (χ0v) is 11.4. The highest BCUT2D eigenvalue weighted by atomic mass is 19.1. The lowest BCUT2D eigenvalue weighted by Crippen LogP contribution is -2.39. The Hall–Kier alpha value is -1.98. The van der Waals surface area contributed by atoms with Gasteiger partial charge in [0, 0.05) is 17.5 Å². The van der Waals surface area contributed by atoms with E-state index in [0.29, 0.717) is 12.2 Å². The monoisotopic (exact) mass is 290 g/mol. The average molecular weight is 290 g/mol. The molecule has 1 aliphatic rings. The molecule has 2 unspecified atom stereocenters. The maximum Gasteiger partial charge on any atom is 0.130 e. The largest absolute Gasteiger partial charge is 0.493 e. The first-order valence-electron chi connectivity index (χ1n) is 6.81. The van der Waals surface area contributed by atoms with E-state index in [-0.39, 0.29) is 5.92 Å². The molecule has 1 heterocycles. The molecule has 0 saturated heterocycles. The van der Waals surface area contributed by atoms with Gasteiger partial charge in [0.25, 0.3) is 0 Å². The molecule has 21 heavy (non-hydrogen) atoms. The fraction of sp³-hybridized carbons (Fsp3) is 0.250. The maximum atomic E-state index is 14.0. The average Bonchev–Trinajstić information content (AvgIpc) is 2.50. The summed E-state index contributed by atoms with van der Waals surface area (Å²) in [6.45, 7) is 0.433. The van der Waals surface area contributed by atoms with Gasteiger partial charge < -0.3 is 4.74 Å². The van der Waals surface area contributed by atoms with Gasteiger partial charge >= 0.3 is 0 Å². The quantitative estimate of drug-likeness (QED) is 0.675. The lowest BCUT2D eigenvalue weighted by Gasteiger charge is -2.31. The van der Waals surface area contributed by atoms with Gasteiger partial charge in [0.15, 0.2) is 0 Å². The van der Waals surface area contributed by atoms with E-state index in [1.54, 1.807) is 0 Å². The van der Waals surface area contributed by atoms with E-state index >= 15 is 0 Å². The van der Waals surface area contributed by atoms with Crippen LogP contribution in [0.4, 0.5) is 8.78 Å². The van der Waals surface area contributed by atoms with Gasteiger partial charge in [0.2, 0.25) is 0 Å². The van der Waals surface area contributed by atoms with Crippen LogP contribution < -0.4 is 16.0 Å². The Morgan fingerprint density at radius 3 is 2.76 bits per heavy atom. The van der Waals surface area contributed by atoms with Crippen molar-refractivity contribution in [1.29, 1.82) is 0 Å². The van der Waals surface area contributed by atoms with Gasteiger partial charge in [-0.2, -0.15) is 0 Å². The summed E-state index contributed by atoms with van der Waals surface area (Å²) in [5.74, 6) is 5.22. The number of fused-ring (bicyclic) bond motifs is 1. The minimum atomic E-state index is -0.600. The van der Waals surface area contributed by atoms with Crippen molar-refractivity contribution in [2.75, 3.05) is 6.61 Å². The SMILES string of the molecule is NNC(c1ccc(F)cc1F)C1COc2ccccc2C1. The summed E-state index contributed by atoms with van der Waals surface area (Å²) >= 11 is 0. The molecule has 3 rings (SSSR count). The Balaban J connectivity index is 1.88. The van der Waals surface area contributed by atoms with Crippen LogP contribution in [0.15, 0.2) is 42.5 Å². The Morgan fingerprint density at radius 2 is 2.00 bits per heavy atom. The lowest BCUT2D eigenvalue weighted by molar-refractivity contribution is 0.183. The van der Waals surface area contributed by atoms with E-state index < -0.39 is 17.7 Å². The predicted octanol–water partition coefficient (Wildman–Crippen LogP) is 2.72. The zero-order chi connectivity index (χ0) is 14.8. The highest BCUT2D eigenvalue weighted by Crippen LogP contribution is 2.34. The third-order valence-electron chi connectivity index (χ3n) is 3.86. The third-order valence-corrected chi connectivity index (χ3v) is 3.86. The summed E-state index contributed by atoms with van der Waals surface area (Å²) in [6.07, 6.45) is 0.724. The molecule has 2 aromatic carbocycles. The molecule has 3 nitrogen and oxygen atoms in total. The van der Waals surface area contributed by atoms with Crippen LogP contribution >= 0.6 is 0 Å². The third kappa shape index (κ3) is 2.75. The van der Waals surface area contributed by atoms with Gasteiger partial charge in [-0.05, 0) is 24.1 Å². The number of ether oxygens (including phenoxy) is 1. The van der Waals surface area contributed by atoms with E-state index in [9.17, 15) is 8.78 Å². The molecule has 110 valence electrons. The highest BCUT2D eigenvalue weighted by Gasteiger charge is 2.29. The highest BCUT2D eigenvalue weighted by molar-refractivity contribution is 5.36. The molecule has 1 aliphatic heterocycles. The molecule has 3 N–H and O–H groups in total. The van der Waals surface area contributed by atoms with Crippen LogP contribution in [0.2, 0.25) is 0 Å². The number of hydrazine groups is 1. The van der Waals surface area contributed by atoms with Gasteiger partial charge in [-0.1, -0.05) is 24.3 Å². The van der Waals surface area contributed by atoms with Crippen LogP contribution in [0, 0.1) is 17.6 Å². The first-order chi connectivity index (χ1) is 10.2.